The average molecular weight is 286 g/mol. The van der Waals surface area contributed by atoms with Crippen molar-refractivity contribution in [2.45, 2.75) is 13.5 Å². The smallest absolute Gasteiger partial charge is 0.145 e. The van der Waals surface area contributed by atoms with Crippen LogP contribution < -0.4 is 15.8 Å². The largest absolute Gasteiger partial charge is 0.487 e. The van der Waals surface area contributed by atoms with Gasteiger partial charge in [0, 0.05) is 13.2 Å². The quantitative estimate of drug-likeness (QED) is 0.577. The van der Waals surface area contributed by atoms with Crippen LogP contribution in [0.5, 0.6) is 5.75 Å². The number of ether oxygens (including phenoxy) is 2. The van der Waals surface area contributed by atoms with E-state index in [4.69, 9.17) is 15.2 Å². The van der Waals surface area contributed by atoms with Crippen LogP contribution in [-0.4, -0.2) is 19.8 Å². The van der Waals surface area contributed by atoms with Crippen LogP contribution in [0.25, 0.3) is 0 Å². The Bertz CT molecular complexity index is 544. The molecule has 0 unspecified atom stereocenters. The van der Waals surface area contributed by atoms with Crippen molar-refractivity contribution in [3.05, 3.63) is 54.1 Å². The number of anilines is 2. The minimum atomic E-state index is 0.518. The molecular formula is C17H22N2O2. The third-order valence-electron chi connectivity index (χ3n) is 3.05. The highest BCUT2D eigenvalue weighted by Gasteiger charge is 2.07. The number of rotatable bonds is 8. The second kappa shape index (κ2) is 8.17. The summed E-state index contributed by atoms with van der Waals surface area (Å²) in [5, 5.41) is 3.28. The van der Waals surface area contributed by atoms with E-state index in [1.54, 1.807) is 0 Å². The molecular weight excluding hydrogens is 264 g/mol. The average Bonchev–Trinajstić information content (AvgIpc) is 2.52. The molecule has 4 heteroatoms. The Balaban J connectivity index is 1.99. The van der Waals surface area contributed by atoms with Crippen molar-refractivity contribution in [1.82, 2.24) is 0 Å². The maximum atomic E-state index is 6.02. The van der Waals surface area contributed by atoms with Crippen molar-refractivity contribution < 1.29 is 9.47 Å². The summed E-state index contributed by atoms with van der Waals surface area (Å²) >= 11 is 0. The van der Waals surface area contributed by atoms with E-state index in [0.29, 0.717) is 32.1 Å². The number of nitrogens with two attached hydrogens (primary N) is 1. The Morgan fingerprint density at radius 2 is 1.86 bits per heavy atom. The van der Waals surface area contributed by atoms with Crippen molar-refractivity contribution in [3.63, 3.8) is 0 Å². The van der Waals surface area contributed by atoms with E-state index in [9.17, 15) is 0 Å². The number of hydrogen-bond acceptors (Lipinski definition) is 4. The molecule has 0 aliphatic heterocycles. The molecule has 0 aromatic heterocycles. The molecule has 0 heterocycles. The zero-order valence-corrected chi connectivity index (χ0v) is 12.3. The first kappa shape index (κ1) is 15.2. The molecule has 2 rings (SSSR count). The van der Waals surface area contributed by atoms with E-state index >= 15 is 0 Å². The van der Waals surface area contributed by atoms with Gasteiger partial charge < -0.3 is 20.5 Å². The number of nitrogens with one attached hydrogen (secondary N) is 1. The molecule has 0 spiro atoms. The summed E-state index contributed by atoms with van der Waals surface area (Å²) in [6.07, 6.45) is 0. The van der Waals surface area contributed by atoms with E-state index in [2.05, 4.69) is 5.32 Å². The summed E-state index contributed by atoms with van der Waals surface area (Å²) in [6, 6.07) is 15.7. The van der Waals surface area contributed by atoms with Crippen molar-refractivity contribution >= 4 is 11.4 Å². The molecule has 2 aromatic carbocycles. The van der Waals surface area contributed by atoms with Crippen LogP contribution in [-0.2, 0) is 11.3 Å². The van der Waals surface area contributed by atoms with Gasteiger partial charge >= 0.3 is 0 Å². The molecule has 0 radical (unpaired) electrons. The van der Waals surface area contributed by atoms with Crippen molar-refractivity contribution in [3.8, 4) is 5.75 Å². The minimum absolute atomic E-state index is 0.518. The number of hydrogen-bond donors (Lipinski definition) is 2. The van der Waals surface area contributed by atoms with Gasteiger partial charge in [-0.3, -0.25) is 0 Å². The summed E-state index contributed by atoms with van der Waals surface area (Å²) in [7, 11) is 0. The number of benzene rings is 2. The topological polar surface area (TPSA) is 56.5 Å². The summed E-state index contributed by atoms with van der Waals surface area (Å²) in [4.78, 5) is 0. The van der Waals surface area contributed by atoms with Gasteiger partial charge in [-0.25, -0.2) is 0 Å². The molecule has 2 aromatic rings. The molecule has 0 saturated carbocycles. The fourth-order valence-electron chi connectivity index (χ4n) is 1.99. The van der Waals surface area contributed by atoms with Gasteiger partial charge in [0.15, 0.2) is 0 Å². The fourth-order valence-corrected chi connectivity index (χ4v) is 1.99. The second-order valence-electron chi connectivity index (χ2n) is 4.62. The molecule has 112 valence electrons. The Labute approximate surface area is 125 Å². The molecule has 0 bridgehead atoms. The predicted molar refractivity (Wildman–Crippen MR) is 86.6 cm³/mol. The van der Waals surface area contributed by atoms with E-state index in [1.165, 1.54) is 0 Å². The van der Waals surface area contributed by atoms with E-state index < -0.39 is 0 Å². The van der Waals surface area contributed by atoms with E-state index in [-0.39, 0.29) is 0 Å². The highest BCUT2D eigenvalue weighted by molar-refractivity contribution is 5.73. The van der Waals surface area contributed by atoms with Gasteiger partial charge in [-0.15, -0.1) is 0 Å². The molecule has 0 saturated heterocycles. The molecule has 0 amide bonds. The first-order chi connectivity index (χ1) is 10.3. The molecule has 0 fully saturated rings. The highest BCUT2D eigenvalue weighted by Crippen LogP contribution is 2.30. The second-order valence-corrected chi connectivity index (χ2v) is 4.62. The molecule has 0 atom stereocenters. The van der Waals surface area contributed by atoms with Crippen LogP contribution in [0.2, 0.25) is 0 Å². The van der Waals surface area contributed by atoms with Gasteiger partial charge in [0.25, 0.3) is 0 Å². The number of nitrogen functional groups attached to an aromatic ring is 1. The standard InChI is InChI=1S/C17H22N2O2/c1-2-20-12-11-19-17-15(18)9-6-10-16(17)21-13-14-7-4-3-5-8-14/h3-10,19H,2,11-13,18H2,1H3. The zero-order chi connectivity index (χ0) is 14.9. The Kier molecular flexibility index (Phi) is 5.91. The fraction of sp³-hybridized carbons (Fsp3) is 0.294. The lowest BCUT2D eigenvalue weighted by atomic mass is 10.2. The van der Waals surface area contributed by atoms with Crippen LogP contribution in [0, 0.1) is 0 Å². The van der Waals surface area contributed by atoms with Gasteiger partial charge in [-0.05, 0) is 24.6 Å². The molecule has 21 heavy (non-hydrogen) atoms. The van der Waals surface area contributed by atoms with Gasteiger partial charge in [0.1, 0.15) is 18.0 Å². The van der Waals surface area contributed by atoms with Crippen LogP contribution in [0.3, 0.4) is 0 Å². The summed E-state index contributed by atoms with van der Waals surface area (Å²) in [5.41, 5.74) is 8.65. The maximum Gasteiger partial charge on any atom is 0.145 e. The molecule has 0 aliphatic rings. The third-order valence-corrected chi connectivity index (χ3v) is 3.05. The van der Waals surface area contributed by atoms with Crippen LogP contribution in [0.1, 0.15) is 12.5 Å². The number of para-hydroxylation sites is 1. The lowest BCUT2D eigenvalue weighted by Crippen LogP contribution is -2.11. The monoisotopic (exact) mass is 286 g/mol. The van der Waals surface area contributed by atoms with Crippen LogP contribution in [0.4, 0.5) is 11.4 Å². The lowest BCUT2D eigenvalue weighted by molar-refractivity contribution is 0.158. The van der Waals surface area contributed by atoms with Gasteiger partial charge in [-0.2, -0.15) is 0 Å². The van der Waals surface area contributed by atoms with E-state index in [0.717, 1.165) is 17.0 Å². The summed E-state index contributed by atoms with van der Waals surface area (Å²) < 4.78 is 11.2. The molecule has 0 aliphatic carbocycles. The van der Waals surface area contributed by atoms with E-state index in [1.807, 2.05) is 55.5 Å². The maximum absolute atomic E-state index is 6.02. The van der Waals surface area contributed by atoms with Gasteiger partial charge in [0.05, 0.1) is 12.3 Å². The van der Waals surface area contributed by atoms with Crippen molar-refractivity contribution in [2.75, 3.05) is 30.8 Å². The first-order valence-electron chi connectivity index (χ1n) is 7.18. The highest BCUT2D eigenvalue weighted by atomic mass is 16.5. The van der Waals surface area contributed by atoms with Gasteiger partial charge in [0.2, 0.25) is 0 Å². The Morgan fingerprint density at radius 3 is 2.62 bits per heavy atom. The van der Waals surface area contributed by atoms with Crippen molar-refractivity contribution in [2.24, 2.45) is 0 Å². The minimum Gasteiger partial charge on any atom is -0.487 e. The zero-order valence-electron chi connectivity index (χ0n) is 12.3. The summed E-state index contributed by atoms with van der Waals surface area (Å²) in [5.74, 6) is 0.760. The lowest BCUT2D eigenvalue weighted by Gasteiger charge is -2.15. The molecule has 4 nitrogen and oxygen atoms in total. The SMILES string of the molecule is CCOCCNc1c(N)cccc1OCc1ccccc1. The van der Waals surface area contributed by atoms with Gasteiger partial charge in [-0.1, -0.05) is 36.4 Å². The van der Waals surface area contributed by atoms with Crippen molar-refractivity contribution in [1.29, 1.82) is 0 Å². The summed E-state index contributed by atoms with van der Waals surface area (Å²) in [6.45, 7) is 4.55. The Morgan fingerprint density at radius 1 is 1.05 bits per heavy atom. The first-order valence-corrected chi connectivity index (χ1v) is 7.18. The third kappa shape index (κ3) is 4.68. The predicted octanol–water partition coefficient (Wildman–Crippen LogP) is 3.30. The normalized spacial score (nSPS) is 10.3. The Hall–Kier alpha value is -2.20. The molecule has 3 N–H and O–H groups in total. The van der Waals surface area contributed by atoms with Crippen LogP contribution >= 0.6 is 0 Å². The van der Waals surface area contributed by atoms with Crippen LogP contribution in [0.15, 0.2) is 48.5 Å².